The Morgan fingerprint density at radius 1 is 0.450 bits per heavy atom. The Labute approximate surface area is 246 Å². The highest BCUT2D eigenvalue weighted by atomic mass is 32.2. The van der Waals surface area contributed by atoms with Crippen LogP contribution in [0.5, 0.6) is 0 Å². The lowest BCUT2D eigenvalue weighted by atomic mass is 9.80. The van der Waals surface area contributed by atoms with Crippen LogP contribution in [-0.2, 0) is 0 Å². The minimum atomic E-state index is -0.381. The van der Waals surface area contributed by atoms with Crippen molar-refractivity contribution in [2.45, 2.75) is 15.7 Å². The molecule has 0 bridgehead atoms. The lowest BCUT2D eigenvalue weighted by Crippen LogP contribution is -2.11. The number of hydrogen-bond acceptors (Lipinski definition) is 1. The van der Waals surface area contributed by atoms with E-state index in [1.54, 1.807) is 0 Å². The maximum Gasteiger partial charge on any atom is 0.0629 e. The SMILES string of the molecule is [2H]c1c([2H])c([2H])c(-c2ccc(-c3ccc(C4c5c(ccc6ccccc56)Sc5ccc6ccccc6c54)cc3)cc2)c([2H])c1[2H]. The molecule has 0 saturated heterocycles. The van der Waals surface area contributed by atoms with Gasteiger partial charge in [0.05, 0.1) is 6.85 Å². The largest absolute Gasteiger partial charge is 0.0894 e. The first-order chi connectivity index (χ1) is 21.9. The standard InChI is InChI=1S/C39H26S/c1-2-8-26(9-3-1)27-14-16-28(17-15-27)29-18-20-32(21-19-29)37-38-33-12-6-4-10-30(33)22-24-35(38)40-36-25-23-31-11-5-7-13-34(31)39(36)37/h1-25,37H/i1D,2D,3D,8D,9D. The summed E-state index contributed by atoms with van der Waals surface area (Å²) < 4.78 is 40.7. The molecule has 0 radical (unpaired) electrons. The number of fused-ring (bicyclic) bond motifs is 6. The summed E-state index contributed by atoms with van der Waals surface area (Å²) in [6.45, 7) is 0. The second-order valence-electron chi connectivity index (χ2n) is 10.1. The van der Waals surface area contributed by atoms with E-state index in [2.05, 4.69) is 97.1 Å². The van der Waals surface area contributed by atoms with E-state index in [9.17, 15) is 0 Å². The molecule has 0 aromatic heterocycles. The van der Waals surface area contributed by atoms with E-state index < -0.39 is 0 Å². The van der Waals surface area contributed by atoms with Crippen LogP contribution in [0.1, 0.15) is 29.5 Å². The fourth-order valence-electron chi connectivity index (χ4n) is 6.01. The molecule has 0 unspecified atom stereocenters. The Hall–Kier alpha value is -4.59. The van der Waals surface area contributed by atoms with Crippen molar-refractivity contribution in [2.24, 2.45) is 0 Å². The van der Waals surface area contributed by atoms with Crippen LogP contribution in [0.4, 0.5) is 0 Å². The van der Waals surface area contributed by atoms with Gasteiger partial charge in [0.25, 0.3) is 0 Å². The smallest absolute Gasteiger partial charge is 0.0629 e. The Balaban J connectivity index is 1.23. The van der Waals surface area contributed by atoms with Gasteiger partial charge in [-0.15, -0.1) is 0 Å². The molecule has 1 aliphatic rings. The van der Waals surface area contributed by atoms with Crippen LogP contribution in [-0.4, -0.2) is 0 Å². The first-order valence-corrected chi connectivity index (χ1v) is 14.2. The van der Waals surface area contributed by atoms with Crippen molar-refractivity contribution >= 4 is 33.3 Å². The highest BCUT2D eigenvalue weighted by Crippen LogP contribution is 2.53. The van der Waals surface area contributed by atoms with E-state index in [1.807, 2.05) is 36.0 Å². The van der Waals surface area contributed by atoms with E-state index in [0.717, 1.165) is 11.1 Å². The van der Waals surface area contributed by atoms with Crippen LogP contribution < -0.4 is 0 Å². The summed E-state index contributed by atoms with van der Waals surface area (Å²) in [6.07, 6.45) is 0. The molecular weight excluding hydrogens is 500 g/mol. The number of rotatable bonds is 3. The topological polar surface area (TPSA) is 0 Å². The monoisotopic (exact) mass is 531 g/mol. The molecule has 0 aliphatic carbocycles. The van der Waals surface area contributed by atoms with Gasteiger partial charge < -0.3 is 0 Å². The Morgan fingerprint density at radius 2 is 0.925 bits per heavy atom. The van der Waals surface area contributed by atoms with E-state index in [0.29, 0.717) is 5.56 Å². The van der Waals surface area contributed by atoms with Crippen LogP contribution in [0.15, 0.2) is 161 Å². The fraction of sp³-hybridized carbons (Fsp3) is 0.0256. The average Bonchev–Trinajstić information content (AvgIpc) is 3.09. The van der Waals surface area contributed by atoms with Crippen LogP contribution in [0.2, 0.25) is 0 Å². The number of hydrogen-bond donors (Lipinski definition) is 0. The van der Waals surface area contributed by atoms with Gasteiger partial charge >= 0.3 is 0 Å². The summed E-state index contributed by atoms with van der Waals surface area (Å²) in [6, 6.07) is 41.2. The fourth-order valence-corrected chi connectivity index (χ4v) is 7.20. The van der Waals surface area contributed by atoms with E-state index >= 15 is 0 Å². The van der Waals surface area contributed by atoms with Crippen molar-refractivity contribution in [1.29, 1.82) is 0 Å². The van der Waals surface area contributed by atoms with Gasteiger partial charge in [0.15, 0.2) is 0 Å². The van der Waals surface area contributed by atoms with Crippen LogP contribution in [0, 0.1) is 0 Å². The molecule has 0 atom stereocenters. The van der Waals surface area contributed by atoms with Gasteiger partial charge in [-0.3, -0.25) is 0 Å². The molecule has 0 amide bonds. The summed E-state index contributed by atoms with van der Waals surface area (Å²) in [7, 11) is 0. The summed E-state index contributed by atoms with van der Waals surface area (Å²) in [5, 5.41) is 5.03. The zero-order valence-electron chi connectivity index (χ0n) is 26.5. The third kappa shape index (κ3) is 3.86. The quantitative estimate of drug-likeness (QED) is 0.218. The predicted octanol–water partition coefficient (Wildman–Crippen LogP) is 11.0. The van der Waals surface area contributed by atoms with Gasteiger partial charge in [-0.2, -0.15) is 0 Å². The molecule has 0 nitrogen and oxygen atoms in total. The number of benzene rings is 7. The van der Waals surface area contributed by atoms with Gasteiger partial charge in [-0.05, 0) is 72.6 Å². The van der Waals surface area contributed by atoms with Gasteiger partial charge in [0, 0.05) is 15.7 Å². The van der Waals surface area contributed by atoms with Crippen molar-refractivity contribution in [3.63, 3.8) is 0 Å². The molecule has 7 aromatic carbocycles. The molecular formula is C39H26S. The molecule has 1 aliphatic heterocycles. The van der Waals surface area contributed by atoms with Crippen LogP contribution >= 0.6 is 11.8 Å². The molecule has 188 valence electrons. The molecule has 1 heterocycles. The zero-order chi connectivity index (χ0) is 30.8. The first-order valence-electron chi connectivity index (χ1n) is 15.9. The second kappa shape index (κ2) is 9.55. The molecule has 40 heavy (non-hydrogen) atoms. The third-order valence-electron chi connectivity index (χ3n) is 7.91. The van der Waals surface area contributed by atoms with Crippen LogP contribution in [0.3, 0.4) is 0 Å². The maximum absolute atomic E-state index is 8.34. The molecule has 8 rings (SSSR count). The average molecular weight is 532 g/mol. The molecule has 0 N–H and O–H groups in total. The molecule has 0 spiro atoms. The minimum absolute atomic E-state index is 0.0639. The summed E-state index contributed by atoms with van der Waals surface area (Å²) in [5.41, 5.74) is 6.77. The zero-order valence-corrected chi connectivity index (χ0v) is 22.3. The third-order valence-corrected chi connectivity index (χ3v) is 9.06. The van der Waals surface area contributed by atoms with Gasteiger partial charge in [0.1, 0.15) is 0 Å². The van der Waals surface area contributed by atoms with Crippen molar-refractivity contribution in [2.75, 3.05) is 0 Å². The van der Waals surface area contributed by atoms with Crippen molar-refractivity contribution in [3.05, 3.63) is 168 Å². The van der Waals surface area contributed by atoms with Crippen molar-refractivity contribution in [3.8, 4) is 22.3 Å². The summed E-state index contributed by atoms with van der Waals surface area (Å²) >= 11 is 1.85. The van der Waals surface area contributed by atoms with Crippen molar-refractivity contribution in [1.82, 2.24) is 0 Å². The normalized spacial score (nSPS) is 14.6. The molecule has 0 fully saturated rings. The summed E-state index contributed by atoms with van der Waals surface area (Å²) in [4.78, 5) is 2.57. The molecule has 7 aromatic rings. The first kappa shape index (κ1) is 18.7. The van der Waals surface area contributed by atoms with Gasteiger partial charge in [-0.1, -0.05) is 151 Å². The second-order valence-corrected chi connectivity index (χ2v) is 11.2. The summed E-state index contributed by atoms with van der Waals surface area (Å²) in [5.74, 6) is 0.0639. The van der Waals surface area contributed by atoms with E-state index in [4.69, 9.17) is 6.85 Å². The Bertz CT molecular complexity index is 2180. The van der Waals surface area contributed by atoms with Gasteiger partial charge in [0.2, 0.25) is 0 Å². The predicted molar refractivity (Wildman–Crippen MR) is 170 cm³/mol. The Kier molecular flexibility index (Phi) is 4.45. The van der Waals surface area contributed by atoms with Gasteiger partial charge in [-0.25, -0.2) is 0 Å². The minimum Gasteiger partial charge on any atom is -0.0894 e. The van der Waals surface area contributed by atoms with E-state index in [1.165, 1.54) is 48.0 Å². The lowest BCUT2D eigenvalue weighted by molar-refractivity contribution is 0.926. The van der Waals surface area contributed by atoms with E-state index in [-0.39, 0.29) is 41.7 Å². The molecule has 0 saturated carbocycles. The van der Waals surface area contributed by atoms with Crippen molar-refractivity contribution < 1.29 is 6.85 Å². The highest BCUT2D eigenvalue weighted by molar-refractivity contribution is 7.99. The Morgan fingerprint density at radius 3 is 1.48 bits per heavy atom. The highest BCUT2D eigenvalue weighted by Gasteiger charge is 2.31. The van der Waals surface area contributed by atoms with Crippen LogP contribution in [0.25, 0.3) is 43.8 Å². The molecule has 1 heteroatoms. The lowest BCUT2D eigenvalue weighted by Gasteiger charge is -2.31. The maximum atomic E-state index is 8.34.